The van der Waals surface area contributed by atoms with Gasteiger partial charge in [-0.1, -0.05) is 36.8 Å². The zero-order valence-corrected chi connectivity index (χ0v) is 13.4. The highest BCUT2D eigenvalue weighted by Gasteiger charge is 2.39. The Bertz CT molecular complexity index is 728. The molecule has 1 aliphatic rings. The number of rotatable bonds is 5. The van der Waals surface area contributed by atoms with Crippen molar-refractivity contribution >= 4 is 17.2 Å². The lowest BCUT2D eigenvalue weighted by atomic mass is 9.76. The van der Waals surface area contributed by atoms with Crippen LogP contribution in [0.3, 0.4) is 0 Å². The number of Topliss-reactive ketones (excluding diaryl/α,β-unsaturated/α-hetero) is 1. The number of hydrogen-bond acceptors (Lipinski definition) is 4. The molecule has 0 aromatic heterocycles. The predicted octanol–water partition coefficient (Wildman–Crippen LogP) is 4.13. The van der Waals surface area contributed by atoms with Gasteiger partial charge in [0, 0.05) is 30.7 Å². The molecule has 2 aromatic rings. The summed E-state index contributed by atoms with van der Waals surface area (Å²) in [5, 5.41) is 14.2. The molecule has 2 aromatic carbocycles. The van der Waals surface area contributed by atoms with Gasteiger partial charge in [0.1, 0.15) is 5.54 Å². The van der Waals surface area contributed by atoms with Gasteiger partial charge in [-0.3, -0.25) is 14.9 Å². The number of non-ortho nitro benzene ring substituents is 1. The van der Waals surface area contributed by atoms with Crippen LogP contribution in [0.1, 0.15) is 31.2 Å². The summed E-state index contributed by atoms with van der Waals surface area (Å²) in [6, 6.07) is 16.2. The van der Waals surface area contributed by atoms with Crippen molar-refractivity contribution in [2.24, 2.45) is 0 Å². The molecule has 0 aliphatic heterocycles. The van der Waals surface area contributed by atoms with Gasteiger partial charge < -0.3 is 5.32 Å². The fourth-order valence-electron chi connectivity index (χ4n) is 3.34. The number of nitro groups is 1. The molecule has 0 radical (unpaired) electrons. The maximum Gasteiger partial charge on any atom is 0.269 e. The van der Waals surface area contributed by atoms with Crippen LogP contribution in [0.15, 0.2) is 54.6 Å². The SMILES string of the molecule is O=C1CCCCC1(Cc1ccc([N+](=O)[O-])cc1)Nc1ccccc1. The van der Waals surface area contributed by atoms with E-state index in [0.717, 1.165) is 30.5 Å². The summed E-state index contributed by atoms with van der Waals surface area (Å²) in [4.78, 5) is 23.1. The van der Waals surface area contributed by atoms with Crippen molar-refractivity contribution in [1.82, 2.24) is 0 Å². The van der Waals surface area contributed by atoms with Gasteiger partial charge in [0.2, 0.25) is 0 Å². The molecule has 0 saturated heterocycles. The third kappa shape index (κ3) is 3.45. The van der Waals surface area contributed by atoms with Crippen LogP contribution in [-0.4, -0.2) is 16.2 Å². The highest BCUT2D eigenvalue weighted by molar-refractivity contribution is 5.92. The molecule has 1 atom stereocenters. The number of carbonyl (C=O) groups is 1. The van der Waals surface area contributed by atoms with Crippen LogP contribution in [0.5, 0.6) is 0 Å². The average molecular weight is 324 g/mol. The Labute approximate surface area is 140 Å². The van der Waals surface area contributed by atoms with E-state index in [2.05, 4.69) is 5.32 Å². The molecule has 0 bridgehead atoms. The molecule has 5 heteroatoms. The molecule has 5 nitrogen and oxygen atoms in total. The standard InChI is InChI=1S/C19H20N2O3/c22-18-8-4-5-13-19(18,20-16-6-2-1-3-7-16)14-15-9-11-17(12-10-15)21(23)24/h1-3,6-7,9-12,20H,4-5,8,13-14H2. The highest BCUT2D eigenvalue weighted by atomic mass is 16.6. The zero-order chi connectivity index (χ0) is 17.0. The van der Waals surface area contributed by atoms with Gasteiger partial charge in [0.25, 0.3) is 5.69 Å². The number of anilines is 1. The second kappa shape index (κ2) is 6.83. The molecule has 0 spiro atoms. The zero-order valence-electron chi connectivity index (χ0n) is 13.4. The number of nitrogens with zero attached hydrogens (tertiary/aromatic N) is 1. The number of ketones is 1. The highest BCUT2D eigenvalue weighted by Crippen LogP contribution is 2.32. The van der Waals surface area contributed by atoms with Gasteiger partial charge in [-0.2, -0.15) is 0 Å². The van der Waals surface area contributed by atoms with Crippen LogP contribution < -0.4 is 5.32 Å². The first-order chi connectivity index (χ1) is 11.6. The number of hydrogen-bond donors (Lipinski definition) is 1. The van der Waals surface area contributed by atoms with E-state index in [1.165, 1.54) is 12.1 Å². The summed E-state index contributed by atoms with van der Waals surface area (Å²) in [7, 11) is 0. The number of para-hydroxylation sites is 1. The van der Waals surface area contributed by atoms with E-state index in [4.69, 9.17) is 0 Å². The van der Waals surface area contributed by atoms with E-state index < -0.39 is 10.5 Å². The summed E-state index contributed by atoms with van der Waals surface area (Å²) in [6.07, 6.45) is 3.82. The Kier molecular flexibility index (Phi) is 4.60. The van der Waals surface area contributed by atoms with Crippen LogP contribution in [0, 0.1) is 10.1 Å². The van der Waals surface area contributed by atoms with Crippen molar-refractivity contribution in [2.75, 3.05) is 5.32 Å². The maximum atomic E-state index is 12.7. The van der Waals surface area contributed by atoms with Crippen LogP contribution >= 0.6 is 0 Å². The summed E-state index contributed by atoms with van der Waals surface area (Å²) in [5.74, 6) is 0.218. The summed E-state index contributed by atoms with van der Waals surface area (Å²) < 4.78 is 0. The Morgan fingerprint density at radius 3 is 2.38 bits per heavy atom. The number of benzene rings is 2. The van der Waals surface area contributed by atoms with Crippen molar-refractivity contribution in [1.29, 1.82) is 0 Å². The smallest absolute Gasteiger partial charge is 0.269 e. The van der Waals surface area contributed by atoms with E-state index in [0.29, 0.717) is 12.8 Å². The monoisotopic (exact) mass is 324 g/mol. The number of nitrogens with one attached hydrogen (secondary N) is 1. The van der Waals surface area contributed by atoms with Gasteiger partial charge in [-0.15, -0.1) is 0 Å². The molecular formula is C19H20N2O3. The Hall–Kier alpha value is -2.69. The van der Waals surface area contributed by atoms with Crippen LogP contribution in [0.25, 0.3) is 0 Å². The van der Waals surface area contributed by atoms with Gasteiger partial charge in [0.05, 0.1) is 4.92 Å². The molecule has 1 N–H and O–H groups in total. The molecule has 1 aliphatic carbocycles. The second-order valence-corrected chi connectivity index (χ2v) is 6.30. The van der Waals surface area contributed by atoms with Crippen molar-refractivity contribution in [3.05, 3.63) is 70.3 Å². The first kappa shape index (κ1) is 16.2. The van der Waals surface area contributed by atoms with Crippen LogP contribution in [0.2, 0.25) is 0 Å². The lowest BCUT2D eigenvalue weighted by Gasteiger charge is -2.37. The predicted molar refractivity (Wildman–Crippen MR) is 93.1 cm³/mol. The van der Waals surface area contributed by atoms with Crippen molar-refractivity contribution in [3.63, 3.8) is 0 Å². The van der Waals surface area contributed by atoms with Gasteiger partial charge >= 0.3 is 0 Å². The van der Waals surface area contributed by atoms with E-state index >= 15 is 0 Å². The number of carbonyl (C=O) groups excluding carboxylic acids is 1. The normalized spacial score (nSPS) is 20.6. The van der Waals surface area contributed by atoms with E-state index in [-0.39, 0.29) is 11.5 Å². The molecule has 1 fully saturated rings. The fourth-order valence-corrected chi connectivity index (χ4v) is 3.34. The van der Waals surface area contributed by atoms with Crippen molar-refractivity contribution in [2.45, 2.75) is 37.6 Å². The quantitative estimate of drug-likeness (QED) is 0.663. The fraction of sp³-hybridized carbons (Fsp3) is 0.316. The minimum Gasteiger partial charge on any atom is -0.373 e. The lowest BCUT2D eigenvalue weighted by Crippen LogP contribution is -2.50. The topological polar surface area (TPSA) is 72.2 Å². The molecule has 0 amide bonds. The van der Waals surface area contributed by atoms with Crippen molar-refractivity contribution in [3.8, 4) is 0 Å². The van der Waals surface area contributed by atoms with Gasteiger partial charge in [-0.05, 0) is 30.5 Å². The molecular weight excluding hydrogens is 304 g/mol. The Balaban J connectivity index is 1.87. The van der Waals surface area contributed by atoms with E-state index in [1.807, 2.05) is 30.3 Å². The van der Waals surface area contributed by atoms with Gasteiger partial charge in [-0.25, -0.2) is 0 Å². The third-order valence-electron chi connectivity index (χ3n) is 4.60. The molecule has 124 valence electrons. The summed E-state index contributed by atoms with van der Waals surface area (Å²) >= 11 is 0. The molecule has 3 rings (SSSR count). The van der Waals surface area contributed by atoms with Gasteiger partial charge in [0.15, 0.2) is 5.78 Å². The Morgan fingerprint density at radius 2 is 1.75 bits per heavy atom. The third-order valence-corrected chi connectivity index (χ3v) is 4.60. The average Bonchev–Trinajstić information content (AvgIpc) is 2.59. The maximum absolute atomic E-state index is 12.7. The first-order valence-corrected chi connectivity index (χ1v) is 8.19. The second-order valence-electron chi connectivity index (χ2n) is 6.30. The minimum absolute atomic E-state index is 0.0683. The molecule has 1 saturated carbocycles. The van der Waals surface area contributed by atoms with E-state index in [1.54, 1.807) is 12.1 Å². The minimum atomic E-state index is -0.629. The molecule has 1 unspecified atom stereocenters. The van der Waals surface area contributed by atoms with Crippen molar-refractivity contribution < 1.29 is 9.72 Å². The first-order valence-electron chi connectivity index (χ1n) is 8.19. The van der Waals surface area contributed by atoms with E-state index in [9.17, 15) is 14.9 Å². The molecule has 0 heterocycles. The van der Waals surface area contributed by atoms with Crippen LogP contribution in [-0.2, 0) is 11.2 Å². The summed E-state index contributed by atoms with van der Waals surface area (Å²) in [5.41, 5.74) is 1.29. The summed E-state index contributed by atoms with van der Waals surface area (Å²) in [6.45, 7) is 0. The number of nitro benzene ring substituents is 1. The lowest BCUT2D eigenvalue weighted by molar-refractivity contribution is -0.384. The molecule has 24 heavy (non-hydrogen) atoms. The van der Waals surface area contributed by atoms with Crippen LogP contribution in [0.4, 0.5) is 11.4 Å². The largest absolute Gasteiger partial charge is 0.373 e. The Morgan fingerprint density at radius 1 is 1.04 bits per heavy atom.